The molecule has 35 heavy (non-hydrogen) atoms. The quantitative estimate of drug-likeness (QED) is 0.122. The lowest BCUT2D eigenvalue weighted by Gasteiger charge is -2.35. The average Bonchev–Trinajstić information content (AvgIpc) is 2.79. The number of allylic oxidation sites excluding steroid dienone is 2. The van der Waals surface area contributed by atoms with Gasteiger partial charge in [-0.2, -0.15) is 5.26 Å². The Bertz CT molecular complexity index is 1020. The molecule has 0 aliphatic heterocycles. The van der Waals surface area contributed by atoms with Crippen molar-refractivity contribution in [3.05, 3.63) is 89.5 Å². The first-order chi connectivity index (χ1) is 16.5. The van der Waals surface area contributed by atoms with Crippen LogP contribution in [-0.2, 0) is 13.0 Å². The minimum absolute atomic E-state index is 0.0820. The van der Waals surface area contributed by atoms with E-state index in [1.54, 1.807) is 6.08 Å². The van der Waals surface area contributed by atoms with Crippen LogP contribution in [0.3, 0.4) is 0 Å². The summed E-state index contributed by atoms with van der Waals surface area (Å²) >= 11 is 0. The van der Waals surface area contributed by atoms with Crippen molar-refractivity contribution in [3.8, 4) is 6.07 Å². The fourth-order valence-corrected chi connectivity index (χ4v) is 15.4. The molecule has 0 aliphatic carbocycles. The monoisotopic (exact) mass is 522 g/mol. The zero-order valence-electron chi connectivity index (χ0n) is 21.8. The third kappa shape index (κ3) is 10.3. The van der Waals surface area contributed by atoms with Crippen molar-refractivity contribution in [1.82, 2.24) is 5.32 Å². The third-order valence-corrected chi connectivity index (χ3v) is 14.4. The van der Waals surface area contributed by atoms with E-state index < -0.39 is 25.9 Å². The van der Waals surface area contributed by atoms with Gasteiger partial charge < -0.3 is 13.5 Å². The molecular weight excluding hydrogens is 485 g/mol. The van der Waals surface area contributed by atoms with Gasteiger partial charge in [-0.1, -0.05) is 66.7 Å². The summed E-state index contributed by atoms with van der Waals surface area (Å²) < 4.78 is 12.8. The minimum atomic E-state index is -2.28. The first-order valence-electron chi connectivity index (χ1n) is 12.1. The summed E-state index contributed by atoms with van der Waals surface area (Å²) in [5.74, 6) is -0.363. The van der Waals surface area contributed by atoms with E-state index in [0.29, 0.717) is 6.54 Å². The van der Waals surface area contributed by atoms with Gasteiger partial charge in [-0.25, -0.2) is 0 Å². The predicted octanol–water partition coefficient (Wildman–Crippen LogP) is 6.00. The highest BCUT2D eigenvalue weighted by Gasteiger charge is 2.36. The molecule has 2 aromatic rings. The van der Waals surface area contributed by atoms with Gasteiger partial charge >= 0.3 is 8.56 Å². The van der Waals surface area contributed by atoms with E-state index in [-0.39, 0.29) is 11.5 Å². The number of amides is 1. The van der Waals surface area contributed by atoms with Crippen LogP contribution in [0.4, 0.5) is 0 Å². The normalized spacial score (nSPS) is 13.6. The van der Waals surface area contributed by atoms with Crippen LogP contribution in [0.5, 0.6) is 0 Å². The summed E-state index contributed by atoms with van der Waals surface area (Å²) in [5, 5.41) is 12.5. The van der Waals surface area contributed by atoms with Crippen LogP contribution in [0.25, 0.3) is 5.57 Å². The van der Waals surface area contributed by atoms with Crippen LogP contribution in [-0.4, -0.2) is 38.4 Å². The maximum atomic E-state index is 12.7. The summed E-state index contributed by atoms with van der Waals surface area (Å²) in [7, 11) is -5.24. The van der Waals surface area contributed by atoms with Gasteiger partial charge in [-0.3, -0.25) is 4.79 Å². The van der Waals surface area contributed by atoms with Crippen LogP contribution < -0.4 is 5.32 Å². The maximum Gasteiger partial charge on any atom is 0.314 e. The van der Waals surface area contributed by atoms with E-state index in [0.717, 1.165) is 29.2 Å². The van der Waals surface area contributed by atoms with Gasteiger partial charge in [0.05, 0.1) is 0 Å². The zero-order valence-corrected chi connectivity index (χ0v) is 25.0. The molecule has 1 atom stereocenters. The van der Waals surface area contributed by atoms with Crippen molar-refractivity contribution >= 4 is 37.4 Å². The molecule has 0 spiro atoms. The third-order valence-electron chi connectivity index (χ3n) is 5.05. The Morgan fingerprint density at radius 3 is 1.97 bits per heavy atom. The summed E-state index contributed by atoms with van der Waals surface area (Å²) in [6.45, 7) is 13.5. The number of nitrogens with zero attached hydrogens (tertiary/aromatic N) is 1. The average molecular weight is 523 g/mol. The number of hydrogen-bond acceptors (Lipinski definition) is 4. The number of benzene rings is 2. The molecule has 2 rings (SSSR count). The largest absolute Gasteiger partial charge is 0.439 e. The summed E-state index contributed by atoms with van der Waals surface area (Å²) in [6, 6.07) is 22.8. The molecule has 0 saturated heterocycles. The Hall–Kier alpha value is -2.55. The number of rotatable bonds is 12. The Morgan fingerprint density at radius 2 is 1.51 bits per heavy atom. The lowest BCUT2D eigenvalue weighted by Crippen LogP contribution is -2.49. The topological polar surface area (TPSA) is 71.3 Å². The standard InChI is InChI=1S/C27H38N2O3Si3/c1-33(2)31-35(6,32-34(3,4)5)21-13-20-29-27(30)25(22-28)18-19-26(23-14-9-7-10-15-23)24-16-11-8-12-17-24/h7-12,14-19,33H,13,20-21H2,1-6H3,(H,29,30)/b25-18+. The van der Waals surface area contributed by atoms with Crippen LogP contribution in [0.1, 0.15) is 17.5 Å². The number of carbonyl (C=O) groups excluding carboxylic acids is 1. The molecule has 0 bridgehead atoms. The number of hydrogen-bond donors (Lipinski definition) is 1. The Morgan fingerprint density at radius 1 is 0.971 bits per heavy atom. The van der Waals surface area contributed by atoms with Crippen molar-refractivity contribution < 1.29 is 13.0 Å². The van der Waals surface area contributed by atoms with E-state index in [1.807, 2.05) is 72.8 Å². The Labute approximate surface area is 214 Å². The van der Waals surface area contributed by atoms with Crippen LogP contribution in [0, 0.1) is 11.3 Å². The highest BCUT2D eigenvalue weighted by molar-refractivity contribution is 6.84. The van der Waals surface area contributed by atoms with Crippen molar-refractivity contribution in [3.63, 3.8) is 0 Å². The van der Waals surface area contributed by atoms with E-state index in [4.69, 9.17) is 8.23 Å². The van der Waals surface area contributed by atoms with Crippen LogP contribution in [0.2, 0.25) is 45.3 Å². The fraction of sp³-hybridized carbons (Fsp3) is 0.333. The molecule has 0 heterocycles. The van der Waals surface area contributed by atoms with Crippen molar-refractivity contribution in [2.45, 2.75) is 51.7 Å². The molecule has 186 valence electrons. The first kappa shape index (κ1) is 28.7. The van der Waals surface area contributed by atoms with Gasteiger partial charge in [0.2, 0.25) is 0 Å². The van der Waals surface area contributed by atoms with Gasteiger partial charge in [0.15, 0.2) is 17.4 Å². The van der Waals surface area contributed by atoms with Gasteiger partial charge in [-0.05, 0) is 74.5 Å². The molecule has 0 aromatic heterocycles. The first-order valence-corrected chi connectivity index (χ1v) is 20.8. The summed E-state index contributed by atoms with van der Waals surface area (Å²) in [4.78, 5) is 12.7. The van der Waals surface area contributed by atoms with Crippen molar-refractivity contribution in [2.24, 2.45) is 0 Å². The van der Waals surface area contributed by atoms with Gasteiger partial charge in [0, 0.05) is 6.54 Å². The Kier molecular flexibility index (Phi) is 11.1. The highest BCUT2D eigenvalue weighted by atomic mass is 28.5. The molecule has 0 fully saturated rings. The lowest BCUT2D eigenvalue weighted by molar-refractivity contribution is -0.117. The molecule has 5 nitrogen and oxygen atoms in total. The predicted molar refractivity (Wildman–Crippen MR) is 152 cm³/mol. The highest BCUT2D eigenvalue weighted by Crippen LogP contribution is 2.24. The van der Waals surface area contributed by atoms with Gasteiger partial charge in [0.1, 0.15) is 11.6 Å². The second-order valence-corrected chi connectivity index (χ2v) is 20.7. The van der Waals surface area contributed by atoms with E-state index in [2.05, 4.69) is 44.6 Å². The molecule has 1 amide bonds. The number of nitrogens with one attached hydrogen (secondary N) is 1. The fourth-order valence-electron chi connectivity index (χ4n) is 3.91. The van der Waals surface area contributed by atoms with Gasteiger partial charge in [0.25, 0.3) is 5.91 Å². The molecule has 8 heteroatoms. The van der Waals surface area contributed by atoms with E-state index in [9.17, 15) is 10.1 Å². The number of carbonyl (C=O) groups is 1. The molecule has 0 aliphatic rings. The second kappa shape index (κ2) is 13.5. The van der Waals surface area contributed by atoms with Gasteiger partial charge in [-0.15, -0.1) is 0 Å². The summed E-state index contributed by atoms with van der Waals surface area (Å²) in [6.07, 6.45) is 4.20. The maximum absolute atomic E-state index is 12.7. The SMILES string of the molecule is C[SiH](C)O[Si](C)(CCCNC(=O)/C(C#N)=C/C=C(c1ccccc1)c1ccccc1)O[Si](C)(C)C. The van der Waals surface area contributed by atoms with E-state index in [1.165, 1.54) is 0 Å². The Balaban J connectivity index is 2.09. The number of nitriles is 1. The minimum Gasteiger partial charge on any atom is -0.439 e. The molecule has 1 N–H and O–H groups in total. The van der Waals surface area contributed by atoms with Crippen molar-refractivity contribution in [1.29, 1.82) is 5.26 Å². The molecule has 2 aromatic carbocycles. The molecule has 0 saturated carbocycles. The summed E-state index contributed by atoms with van der Waals surface area (Å²) in [5.41, 5.74) is 3.08. The molecule has 0 radical (unpaired) electrons. The second-order valence-electron chi connectivity index (χ2n) is 9.88. The molecule has 1 unspecified atom stereocenters. The van der Waals surface area contributed by atoms with Crippen LogP contribution in [0.15, 0.2) is 78.4 Å². The smallest absolute Gasteiger partial charge is 0.314 e. The zero-order chi connectivity index (χ0) is 25.9. The van der Waals surface area contributed by atoms with E-state index >= 15 is 0 Å². The van der Waals surface area contributed by atoms with Crippen molar-refractivity contribution in [2.75, 3.05) is 6.54 Å². The molecular formula is C27H38N2O3Si3. The van der Waals surface area contributed by atoms with Crippen LogP contribution >= 0.6 is 0 Å². The lowest BCUT2D eigenvalue weighted by atomic mass is 9.97.